The van der Waals surface area contributed by atoms with Crippen molar-refractivity contribution in [2.24, 2.45) is 11.7 Å². The molecule has 0 aromatic heterocycles. The molecule has 1 heterocycles. The summed E-state index contributed by atoms with van der Waals surface area (Å²) in [5, 5.41) is 10.8. The van der Waals surface area contributed by atoms with Crippen LogP contribution in [0.1, 0.15) is 25.8 Å². The van der Waals surface area contributed by atoms with E-state index in [1.807, 2.05) is 0 Å². The lowest BCUT2D eigenvalue weighted by atomic mass is 9.97. The predicted octanol–water partition coefficient (Wildman–Crippen LogP) is 0.617. The molecule has 0 radical (unpaired) electrons. The van der Waals surface area contributed by atoms with E-state index in [1.54, 1.807) is 24.3 Å². The average Bonchev–Trinajstić information content (AvgIpc) is 3.28. The van der Waals surface area contributed by atoms with Crippen molar-refractivity contribution in [2.45, 2.75) is 61.7 Å². The first-order chi connectivity index (χ1) is 17.1. The topological polar surface area (TPSA) is 148 Å². The fourth-order valence-corrected chi connectivity index (χ4v) is 5.92. The van der Waals surface area contributed by atoms with E-state index in [0.29, 0.717) is 11.3 Å². The highest BCUT2D eigenvalue weighted by Crippen LogP contribution is 2.29. The third-order valence-electron chi connectivity index (χ3n) is 6.25. The second-order valence-corrected chi connectivity index (χ2v) is 11.6. The summed E-state index contributed by atoms with van der Waals surface area (Å²) < 4.78 is 75.9. The number of halogens is 3. The standard InChI is InChI=1S/C23H34F3N3O7S/c1-13(2)19(20(30)23(24,25)26)28-21(31)18-9-16(10-29(18)22(32)17(27)11-35-3)37(33,34)12-14-5-7-15(36-4)8-6-14/h5-8,13,16-20,30H,9-12,27H2,1-4H3,(H,28,31)/t16-,17+,18+,19+,20+/m1/s1. The van der Waals surface area contributed by atoms with E-state index in [1.165, 1.54) is 28.1 Å². The molecule has 10 nitrogen and oxygen atoms in total. The average molecular weight is 554 g/mol. The number of ether oxygens (including phenoxy) is 2. The molecule has 0 unspecified atom stereocenters. The summed E-state index contributed by atoms with van der Waals surface area (Å²) in [5.74, 6) is -2.47. The van der Waals surface area contributed by atoms with Crippen LogP contribution in [0, 0.1) is 5.92 Å². The molecule has 2 rings (SSSR count). The van der Waals surface area contributed by atoms with Gasteiger partial charge in [-0.3, -0.25) is 9.59 Å². The quantitative estimate of drug-likeness (QED) is 0.361. The number of hydrogen-bond acceptors (Lipinski definition) is 8. The van der Waals surface area contributed by atoms with Gasteiger partial charge in [0, 0.05) is 13.7 Å². The van der Waals surface area contributed by atoms with Crippen molar-refractivity contribution in [3.05, 3.63) is 29.8 Å². The van der Waals surface area contributed by atoms with Crippen LogP contribution >= 0.6 is 0 Å². The van der Waals surface area contributed by atoms with E-state index in [0.717, 1.165) is 4.90 Å². The first-order valence-corrected chi connectivity index (χ1v) is 13.3. The second kappa shape index (κ2) is 12.4. The van der Waals surface area contributed by atoms with E-state index >= 15 is 0 Å². The lowest BCUT2D eigenvalue weighted by Gasteiger charge is -2.32. The monoisotopic (exact) mass is 553 g/mol. The first kappa shape index (κ1) is 30.8. The van der Waals surface area contributed by atoms with Crippen molar-refractivity contribution < 1.29 is 45.8 Å². The number of benzene rings is 1. The number of aliphatic hydroxyl groups is 1. The van der Waals surface area contributed by atoms with Gasteiger partial charge in [-0.05, 0) is 30.0 Å². The Hall–Kier alpha value is -2.42. The van der Waals surface area contributed by atoms with Crippen molar-refractivity contribution in [2.75, 3.05) is 27.4 Å². The van der Waals surface area contributed by atoms with Crippen LogP contribution in [0.25, 0.3) is 0 Å². The molecule has 37 heavy (non-hydrogen) atoms. The largest absolute Gasteiger partial charge is 0.497 e. The van der Waals surface area contributed by atoms with Crippen LogP contribution in [0.3, 0.4) is 0 Å². The Morgan fingerprint density at radius 3 is 2.30 bits per heavy atom. The van der Waals surface area contributed by atoms with Crippen molar-refractivity contribution in [3.63, 3.8) is 0 Å². The summed E-state index contributed by atoms with van der Waals surface area (Å²) in [4.78, 5) is 27.1. The Balaban J connectivity index is 2.32. The summed E-state index contributed by atoms with van der Waals surface area (Å²) >= 11 is 0. The molecule has 0 saturated carbocycles. The molecule has 4 N–H and O–H groups in total. The zero-order chi connectivity index (χ0) is 28.1. The molecule has 1 saturated heterocycles. The molecule has 1 aromatic carbocycles. The summed E-state index contributed by atoms with van der Waals surface area (Å²) in [6, 6.07) is 1.97. The number of likely N-dealkylation sites (tertiary alicyclic amines) is 1. The van der Waals surface area contributed by atoms with E-state index in [-0.39, 0.29) is 25.3 Å². The normalized spacial score (nSPS) is 21.0. The maximum Gasteiger partial charge on any atom is 0.416 e. The van der Waals surface area contributed by atoms with Crippen LogP contribution in [-0.2, 0) is 29.9 Å². The minimum atomic E-state index is -5.00. The van der Waals surface area contributed by atoms with E-state index in [9.17, 15) is 36.3 Å². The highest BCUT2D eigenvalue weighted by molar-refractivity contribution is 7.91. The summed E-state index contributed by atoms with van der Waals surface area (Å²) in [6.07, 6.45) is -8.20. The Morgan fingerprint density at radius 2 is 1.81 bits per heavy atom. The molecule has 0 aliphatic carbocycles. The minimum absolute atomic E-state index is 0.214. The Labute approximate surface area is 214 Å². The maximum atomic E-state index is 13.2. The highest BCUT2D eigenvalue weighted by atomic mass is 32.2. The number of carbonyl (C=O) groups is 2. The minimum Gasteiger partial charge on any atom is -0.497 e. The van der Waals surface area contributed by atoms with Crippen molar-refractivity contribution in [1.29, 1.82) is 0 Å². The maximum absolute atomic E-state index is 13.2. The Kier molecular flexibility index (Phi) is 10.3. The SMILES string of the molecule is COC[C@H](N)C(=O)N1C[C@H](S(=O)(=O)Cc2ccc(OC)cc2)C[C@H]1C(=O)N[C@@H](C(C)C)[C@H](O)C(F)(F)F. The van der Waals surface area contributed by atoms with Gasteiger partial charge in [0.15, 0.2) is 15.9 Å². The van der Waals surface area contributed by atoms with Gasteiger partial charge in [0.05, 0.1) is 30.8 Å². The van der Waals surface area contributed by atoms with Gasteiger partial charge in [0.25, 0.3) is 0 Å². The van der Waals surface area contributed by atoms with Gasteiger partial charge < -0.3 is 30.5 Å². The third kappa shape index (κ3) is 7.79. The summed E-state index contributed by atoms with van der Waals surface area (Å²) in [7, 11) is -1.14. The number of sulfone groups is 1. The molecule has 1 aromatic rings. The van der Waals surface area contributed by atoms with Gasteiger partial charge in [-0.15, -0.1) is 0 Å². The number of carbonyl (C=O) groups excluding carboxylic acids is 2. The van der Waals surface area contributed by atoms with Gasteiger partial charge in [-0.25, -0.2) is 8.42 Å². The number of amides is 2. The Morgan fingerprint density at radius 1 is 1.22 bits per heavy atom. The molecule has 1 aliphatic heterocycles. The molecule has 5 atom stereocenters. The number of aliphatic hydroxyl groups excluding tert-OH is 1. The fourth-order valence-electron chi connectivity index (χ4n) is 4.16. The van der Waals surface area contributed by atoms with Gasteiger partial charge in [-0.2, -0.15) is 13.2 Å². The van der Waals surface area contributed by atoms with Crippen molar-refractivity contribution >= 4 is 21.7 Å². The number of hydrogen-bond donors (Lipinski definition) is 3. The number of methoxy groups -OCH3 is 2. The van der Waals surface area contributed by atoms with Gasteiger partial charge in [0.2, 0.25) is 11.8 Å². The number of nitrogens with two attached hydrogens (primary N) is 1. The van der Waals surface area contributed by atoms with Crippen LogP contribution in [0.4, 0.5) is 13.2 Å². The molecular weight excluding hydrogens is 519 g/mol. The van der Waals surface area contributed by atoms with E-state index < -0.39 is 63.2 Å². The lowest BCUT2D eigenvalue weighted by Crippen LogP contribution is -2.58. The van der Waals surface area contributed by atoms with Crippen LogP contribution in [0.5, 0.6) is 5.75 Å². The zero-order valence-electron chi connectivity index (χ0n) is 21.1. The number of nitrogens with zero attached hydrogens (tertiary/aromatic N) is 1. The molecule has 2 amide bonds. The van der Waals surface area contributed by atoms with Crippen LogP contribution < -0.4 is 15.8 Å². The summed E-state index contributed by atoms with van der Waals surface area (Å²) in [5.41, 5.74) is 6.29. The Bertz CT molecular complexity index is 1040. The third-order valence-corrected chi connectivity index (χ3v) is 8.34. The van der Waals surface area contributed by atoms with Gasteiger partial charge in [-0.1, -0.05) is 26.0 Å². The highest BCUT2D eigenvalue weighted by Gasteiger charge is 2.49. The van der Waals surface area contributed by atoms with Crippen LogP contribution in [0.2, 0.25) is 0 Å². The summed E-state index contributed by atoms with van der Waals surface area (Å²) in [6.45, 7) is 2.18. The molecule has 1 fully saturated rings. The fraction of sp³-hybridized carbons (Fsp3) is 0.652. The van der Waals surface area contributed by atoms with Gasteiger partial charge in [0.1, 0.15) is 17.8 Å². The second-order valence-electron chi connectivity index (χ2n) is 9.35. The first-order valence-electron chi connectivity index (χ1n) is 11.6. The predicted molar refractivity (Wildman–Crippen MR) is 128 cm³/mol. The lowest BCUT2D eigenvalue weighted by molar-refractivity contribution is -0.215. The molecule has 1 aliphatic rings. The smallest absolute Gasteiger partial charge is 0.416 e. The molecular formula is C23H34F3N3O7S. The number of rotatable bonds is 11. The van der Waals surface area contributed by atoms with Crippen molar-refractivity contribution in [1.82, 2.24) is 10.2 Å². The molecule has 210 valence electrons. The number of nitrogens with one attached hydrogen (secondary N) is 1. The van der Waals surface area contributed by atoms with Crippen LogP contribution in [-0.4, -0.2) is 93.3 Å². The van der Waals surface area contributed by atoms with E-state index in [2.05, 4.69) is 5.32 Å². The number of alkyl halides is 3. The zero-order valence-corrected chi connectivity index (χ0v) is 21.9. The van der Waals surface area contributed by atoms with E-state index in [4.69, 9.17) is 15.2 Å². The van der Waals surface area contributed by atoms with Crippen molar-refractivity contribution in [3.8, 4) is 5.75 Å². The molecule has 0 bridgehead atoms. The van der Waals surface area contributed by atoms with Crippen LogP contribution in [0.15, 0.2) is 24.3 Å². The molecule has 14 heteroatoms. The van der Waals surface area contributed by atoms with Gasteiger partial charge >= 0.3 is 6.18 Å². The molecule has 0 spiro atoms.